The molecule has 2 heterocycles. The second-order valence-electron chi connectivity index (χ2n) is 4.12. The van der Waals surface area contributed by atoms with E-state index in [2.05, 4.69) is 15.2 Å². The van der Waals surface area contributed by atoms with Crippen molar-refractivity contribution in [2.24, 2.45) is 5.73 Å². The lowest BCUT2D eigenvalue weighted by molar-refractivity contribution is -0.123. The number of hydrogen-bond donors (Lipinski definition) is 2. The van der Waals surface area contributed by atoms with E-state index in [4.69, 9.17) is 5.73 Å². The molecule has 0 saturated carbocycles. The van der Waals surface area contributed by atoms with Crippen LogP contribution in [0.15, 0.2) is 18.3 Å². The van der Waals surface area contributed by atoms with Gasteiger partial charge in [0.1, 0.15) is 6.04 Å². The van der Waals surface area contributed by atoms with Crippen LogP contribution in [-0.2, 0) is 11.3 Å². The van der Waals surface area contributed by atoms with Gasteiger partial charge in [-0.05, 0) is 18.6 Å². The van der Waals surface area contributed by atoms with Crippen molar-refractivity contribution in [1.82, 2.24) is 10.3 Å². The summed E-state index contributed by atoms with van der Waals surface area (Å²) in [6.45, 7) is 3.96. The first-order chi connectivity index (χ1) is 8.26. The fourth-order valence-electron chi connectivity index (χ4n) is 2.19. The molecule has 5 nitrogen and oxygen atoms in total. The highest BCUT2D eigenvalue weighted by atomic mass is 16.2. The Morgan fingerprint density at radius 3 is 3.18 bits per heavy atom. The summed E-state index contributed by atoms with van der Waals surface area (Å²) >= 11 is 0. The van der Waals surface area contributed by atoms with E-state index >= 15 is 0 Å². The lowest BCUT2D eigenvalue weighted by Crippen LogP contribution is -2.55. The molecule has 1 atom stereocenters. The maximum atomic E-state index is 11.8. The van der Waals surface area contributed by atoms with Crippen molar-refractivity contribution in [3.8, 4) is 0 Å². The average molecular weight is 234 g/mol. The molecule has 92 valence electrons. The number of rotatable bonds is 3. The minimum absolute atomic E-state index is 0.0863. The van der Waals surface area contributed by atoms with Gasteiger partial charge in [-0.1, -0.05) is 6.92 Å². The van der Waals surface area contributed by atoms with Gasteiger partial charge < -0.3 is 16.0 Å². The highest BCUT2D eigenvalue weighted by Crippen LogP contribution is 2.20. The summed E-state index contributed by atoms with van der Waals surface area (Å²) in [6, 6.07) is 3.80. The van der Waals surface area contributed by atoms with Gasteiger partial charge in [0.15, 0.2) is 0 Å². The van der Waals surface area contributed by atoms with Crippen molar-refractivity contribution in [1.29, 1.82) is 0 Å². The van der Waals surface area contributed by atoms with Crippen molar-refractivity contribution < 1.29 is 4.79 Å². The summed E-state index contributed by atoms with van der Waals surface area (Å²) in [5.74, 6) is 0.102. The number of nitrogens with zero attached hydrogens (tertiary/aromatic N) is 2. The van der Waals surface area contributed by atoms with Crippen molar-refractivity contribution >= 4 is 11.6 Å². The quantitative estimate of drug-likeness (QED) is 0.786. The molecule has 1 fully saturated rings. The van der Waals surface area contributed by atoms with Crippen LogP contribution in [0.25, 0.3) is 0 Å². The van der Waals surface area contributed by atoms with E-state index in [0.29, 0.717) is 13.1 Å². The number of nitrogens with one attached hydrogen (secondary N) is 1. The van der Waals surface area contributed by atoms with Crippen molar-refractivity contribution in [3.05, 3.63) is 24.0 Å². The number of nitrogens with two attached hydrogens (primary N) is 1. The van der Waals surface area contributed by atoms with Gasteiger partial charge in [0, 0.05) is 31.5 Å². The van der Waals surface area contributed by atoms with Gasteiger partial charge in [-0.15, -0.1) is 0 Å². The smallest absolute Gasteiger partial charge is 0.242 e. The van der Waals surface area contributed by atoms with E-state index in [9.17, 15) is 4.79 Å². The second-order valence-corrected chi connectivity index (χ2v) is 4.12. The molecule has 1 aromatic heterocycles. The molecule has 0 spiro atoms. The molecule has 0 radical (unpaired) electrons. The molecule has 17 heavy (non-hydrogen) atoms. The summed E-state index contributed by atoms with van der Waals surface area (Å²) < 4.78 is 0. The molecule has 2 rings (SSSR count). The summed E-state index contributed by atoms with van der Waals surface area (Å²) in [5, 5.41) is 2.89. The summed E-state index contributed by atoms with van der Waals surface area (Å²) in [5.41, 5.74) is 7.46. The molecule has 1 aliphatic heterocycles. The van der Waals surface area contributed by atoms with Crippen LogP contribution >= 0.6 is 0 Å². The molecule has 1 saturated heterocycles. The van der Waals surface area contributed by atoms with Gasteiger partial charge >= 0.3 is 0 Å². The van der Waals surface area contributed by atoms with Crippen molar-refractivity contribution in [2.75, 3.05) is 18.0 Å². The van der Waals surface area contributed by atoms with E-state index in [-0.39, 0.29) is 11.9 Å². The van der Waals surface area contributed by atoms with Crippen LogP contribution in [0.2, 0.25) is 0 Å². The Morgan fingerprint density at radius 1 is 1.65 bits per heavy atom. The van der Waals surface area contributed by atoms with E-state index in [1.807, 2.05) is 19.1 Å². The normalized spacial score (nSPS) is 20.2. The van der Waals surface area contributed by atoms with Gasteiger partial charge in [-0.2, -0.15) is 0 Å². The molecule has 1 amide bonds. The van der Waals surface area contributed by atoms with Crippen LogP contribution in [0.4, 0.5) is 5.69 Å². The number of aromatic nitrogens is 1. The Labute approximate surface area is 101 Å². The van der Waals surface area contributed by atoms with Crippen LogP contribution in [-0.4, -0.2) is 30.0 Å². The number of anilines is 1. The third-order valence-electron chi connectivity index (χ3n) is 3.06. The van der Waals surface area contributed by atoms with Crippen LogP contribution in [0, 0.1) is 0 Å². The Bertz CT molecular complexity index is 407. The van der Waals surface area contributed by atoms with Crippen molar-refractivity contribution in [2.45, 2.75) is 25.9 Å². The number of amides is 1. The van der Waals surface area contributed by atoms with Crippen LogP contribution in [0.3, 0.4) is 0 Å². The molecule has 1 aliphatic rings. The van der Waals surface area contributed by atoms with Crippen molar-refractivity contribution in [3.63, 3.8) is 0 Å². The molecule has 0 aliphatic carbocycles. The predicted octanol–water partition coefficient (Wildman–Crippen LogP) is 0.255. The summed E-state index contributed by atoms with van der Waals surface area (Å²) in [6.07, 6.45) is 2.54. The van der Waals surface area contributed by atoms with E-state index in [0.717, 1.165) is 24.3 Å². The molecular weight excluding hydrogens is 216 g/mol. The zero-order valence-corrected chi connectivity index (χ0v) is 10.0. The molecule has 0 bridgehead atoms. The number of piperazine rings is 1. The highest BCUT2D eigenvalue weighted by Gasteiger charge is 2.28. The first-order valence-electron chi connectivity index (χ1n) is 5.95. The Morgan fingerprint density at radius 2 is 2.47 bits per heavy atom. The number of carbonyl (C=O) groups is 1. The van der Waals surface area contributed by atoms with Crippen LogP contribution < -0.4 is 16.0 Å². The molecule has 1 aromatic rings. The van der Waals surface area contributed by atoms with Crippen LogP contribution in [0.1, 0.15) is 19.0 Å². The van der Waals surface area contributed by atoms with E-state index < -0.39 is 0 Å². The predicted molar refractivity (Wildman–Crippen MR) is 66.6 cm³/mol. The first-order valence-corrected chi connectivity index (χ1v) is 5.95. The zero-order chi connectivity index (χ0) is 12.3. The standard InChI is InChI=1S/C12H18N4O/c1-2-11-12(17)15-5-6-16(11)10-3-4-14-9(7-10)8-13/h3-4,7,11H,2,5-6,8,13H2,1H3,(H,15,17). The van der Waals surface area contributed by atoms with E-state index in [1.165, 1.54) is 0 Å². The van der Waals surface area contributed by atoms with Gasteiger partial charge in [-0.3, -0.25) is 9.78 Å². The lowest BCUT2D eigenvalue weighted by Gasteiger charge is -2.36. The minimum Gasteiger partial charge on any atom is -0.358 e. The fourth-order valence-corrected chi connectivity index (χ4v) is 2.19. The van der Waals surface area contributed by atoms with E-state index in [1.54, 1.807) is 6.20 Å². The molecule has 0 aromatic carbocycles. The fraction of sp³-hybridized carbons (Fsp3) is 0.500. The molecule has 1 unspecified atom stereocenters. The zero-order valence-electron chi connectivity index (χ0n) is 10.0. The maximum absolute atomic E-state index is 11.8. The SMILES string of the molecule is CCC1C(=O)NCCN1c1ccnc(CN)c1. The van der Waals surface area contributed by atoms with Gasteiger partial charge in [-0.25, -0.2) is 0 Å². The Kier molecular flexibility index (Phi) is 3.58. The molecule has 3 N–H and O–H groups in total. The van der Waals surface area contributed by atoms with Gasteiger partial charge in [0.2, 0.25) is 5.91 Å². The van der Waals surface area contributed by atoms with Gasteiger partial charge in [0.25, 0.3) is 0 Å². The first kappa shape index (κ1) is 11.9. The number of hydrogen-bond acceptors (Lipinski definition) is 4. The Hall–Kier alpha value is -1.62. The third kappa shape index (κ3) is 2.39. The minimum atomic E-state index is -0.0863. The molecular formula is C12H18N4O. The third-order valence-corrected chi connectivity index (χ3v) is 3.06. The van der Waals surface area contributed by atoms with Crippen LogP contribution in [0.5, 0.6) is 0 Å². The highest BCUT2D eigenvalue weighted by molar-refractivity contribution is 5.86. The second kappa shape index (κ2) is 5.14. The Balaban J connectivity index is 2.27. The average Bonchev–Trinajstić information content (AvgIpc) is 2.38. The lowest BCUT2D eigenvalue weighted by atomic mass is 10.1. The number of pyridine rings is 1. The molecule has 5 heteroatoms. The topological polar surface area (TPSA) is 71.2 Å². The number of carbonyl (C=O) groups excluding carboxylic acids is 1. The monoisotopic (exact) mass is 234 g/mol. The largest absolute Gasteiger partial charge is 0.358 e. The summed E-state index contributed by atoms with van der Waals surface area (Å²) in [7, 11) is 0. The van der Waals surface area contributed by atoms with Gasteiger partial charge in [0.05, 0.1) is 5.69 Å². The maximum Gasteiger partial charge on any atom is 0.242 e. The summed E-state index contributed by atoms with van der Waals surface area (Å²) in [4.78, 5) is 18.1.